The largest absolute Gasteiger partial charge is 0.370 e. The molecule has 7 heteroatoms. The molecule has 1 fully saturated rings. The van der Waals surface area contributed by atoms with Gasteiger partial charge in [0, 0.05) is 37.1 Å². The van der Waals surface area contributed by atoms with Crippen LogP contribution in [0.5, 0.6) is 0 Å². The van der Waals surface area contributed by atoms with Gasteiger partial charge in [-0.2, -0.15) is 0 Å². The Balaban J connectivity index is 1.38. The summed E-state index contributed by atoms with van der Waals surface area (Å²) in [5.74, 6) is -0.0626. The van der Waals surface area contributed by atoms with E-state index in [1.165, 1.54) is 9.87 Å². The minimum atomic E-state index is -3.22. The molecule has 3 aromatic carbocycles. The first kappa shape index (κ1) is 20.9. The van der Waals surface area contributed by atoms with Crippen LogP contribution in [0.1, 0.15) is 22.3 Å². The molecule has 1 aliphatic heterocycles. The van der Waals surface area contributed by atoms with E-state index in [1.54, 1.807) is 24.3 Å². The number of hydrogen-bond donors (Lipinski definition) is 1. The minimum absolute atomic E-state index is 0.172. The van der Waals surface area contributed by atoms with Crippen LogP contribution < -0.4 is 14.5 Å². The smallest absolute Gasteiger partial charge is 0.255 e. The van der Waals surface area contributed by atoms with Gasteiger partial charge in [-0.25, -0.2) is 8.42 Å². The number of sulfonamides is 1. The molecular formula is C24H25N3O3S. The molecule has 1 amide bonds. The average Bonchev–Trinajstić information content (AvgIpc) is 3.14. The lowest BCUT2D eigenvalue weighted by atomic mass is 10.1. The molecule has 160 valence electrons. The molecule has 0 unspecified atom stereocenters. The highest BCUT2D eigenvalue weighted by Gasteiger charge is 2.28. The SMILES string of the molecule is CN(Cc1ccccc1)c1ccc(NC(=O)c2ccc(N3CCCS3(=O)=O)cc2)cc1. The maximum absolute atomic E-state index is 12.6. The number of carbonyl (C=O) groups is 1. The topological polar surface area (TPSA) is 69.7 Å². The number of hydrogen-bond acceptors (Lipinski definition) is 4. The van der Waals surface area contributed by atoms with Gasteiger partial charge >= 0.3 is 0 Å². The Kier molecular flexibility index (Phi) is 5.95. The Bertz CT molecular complexity index is 1140. The zero-order chi connectivity index (χ0) is 21.8. The summed E-state index contributed by atoms with van der Waals surface area (Å²) in [6.45, 7) is 1.28. The molecule has 1 aliphatic rings. The Morgan fingerprint density at radius 1 is 0.968 bits per heavy atom. The van der Waals surface area contributed by atoms with E-state index in [4.69, 9.17) is 0 Å². The molecule has 0 aliphatic carbocycles. The predicted octanol–water partition coefficient (Wildman–Crippen LogP) is 4.12. The van der Waals surface area contributed by atoms with Gasteiger partial charge in [0.1, 0.15) is 0 Å². The molecule has 1 heterocycles. The van der Waals surface area contributed by atoms with Gasteiger partial charge in [-0.1, -0.05) is 30.3 Å². The standard InChI is InChI=1S/C24H25N3O3S/c1-26(18-19-6-3-2-4-7-19)22-14-10-21(11-15-22)25-24(28)20-8-12-23(13-9-20)27-16-5-17-31(27,29)30/h2-4,6-15H,5,16-18H2,1H3,(H,25,28). The van der Waals surface area contributed by atoms with Crippen molar-refractivity contribution in [3.05, 3.63) is 90.0 Å². The first-order chi connectivity index (χ1) is 14.9. The van der Waals surface area contributed by atoms with E-state index in [1.807, 2.05) is 49.5 Å². The Hall–Kier alpha value is -3.32. The van der Waals surface area contributed by atoms with Crippen LogP contribution in [0.15, 0.2) is 78.9 Å². The van der Waals surface area contributed by atoms with Crippen LogP contribution >= 0.6 is 0 Å². The van der Waals surface area contributed by atoms with Crippen molar-refractivity contribution in [1.29, 1.82) is 0 Å². The molecule has 4 rings (SSSR count). The van der Waals surface area contributed by atoms with Crippen molar-refractivity contribution in [2.45, 2.75) is 13.0 Å². The van der Waals surface area contributed by atoms with Gasteiger partial charge in [-0.3, -0.25) is 9.10 Å². The van der Waals surface area contributed by atoms with Crippen LogP contribution in [0.25, 0.3) is 0 Å². The van der Waals surface area contributed by atoms with Crippen LogP contribution in [-0.4, -0.2) is 33.7 Å². The fraction of sp³-hybridized carbons (Fsp3) is 0.208. The quantitative estimate of drug-likeness (QED) is 0.633. The molecule has 0 atom stereocenters. The molecule has 6 nitrogen and oxygen atoms in total. The average molecular weight is 436 g/mol. The lowest BCUT2D eigenvalue weighted by molar-refractivity contribution is 0.102. The normalized spacial score (nSPS) is 14.9. The Morgan fingerprint density at radius 3 is 2.26 bits per heavy atom. The minimum Gasteiger partial charge on any atom is -0.370 e. The zero-order valence-corrected chi connectivity index (χ0v) is 18.2. The third-order valence-electron chi connectivity index (χ3n) is 5.35. The van der Waals surface area contributed by atoms with Gasteiger partial charge in [-0.05, 0) is 60.5 Å². The van der Waals surface area contributed by atoms with Gasteiger partial charge < -0.3 is 10.2 Å². The number of nitrogens with one attached hydrogen (secondary N) is 1. The van der Waals surface area contributed by atoms with E-state index in [9.17, 15) is 13.2 Å². The molecule has 3 aromatic rings. The number of anilines is 3. The Morgan fingerprint density at radius 2 is 1.65 bits per heavy atom. The van der Waals surface area contributed by atoms with E-state index >= 15 is 0 Å². The highest BCUT2D eigenvalue weighted by Crippen LogP contribution is 2.25. The second kappa shape index (κ2) is 8.81. The summed E-state index contributed by atoms with van der Waals surface area (Å²) in [5.41, 5.74) is 4.06. The Labute approximate surface area is 183 Å². The van der Waals surface area contributed by atoms with Crippen molar-refractivity contribution in [1.82, 2.24) is 0 Å². The number of benzene rings is 3. The fourth-order valence-electron chi connectivity index (χ4n) is 3.66. The van der Waals surface area contributed by atoms with Crippen molar-refractivity contribution in [2.75, 3.05) is 33.9 Å². The summed E-state index contributed by atoms with van der Waals surface area (Å²) >= 11 is 0. The highest BCUT2D eigenvalue weighted by atomic mass is 32.2. The summed E-state index contributed by atoms with van der Waals surface area (Å²) in [6, 6.07) is 24.6. The summed E-state index contributed by atoms with van der Waals surface area (Å²) in [7, 11) is -1.19. The zero-order valence-electron chi connectivity index (χ0n) is 17.4. The first-order valence-electron chi connectivity index (χ1n) is 10.2. The van der Waals surface area contributed by atoms with Gasteiger partial charge in [0.05, 0.1) is 11.4 Å². The van der Waals surface area contributed by atoms with Crippen molar-refractivity contribution >= 4 is 33.0 Å². The summed E-state index contributed by atoms with van der Waals surface area (Å²) in [4.78, 5) is 14.7. The lowest BCUT2D eigenvalue weighted by Gasteiger charge is -2.20. The van der Waals surface area contributed by atoms with E-state index in [0.717, 1.165) is 12.2 Å². The summed E-state index contributed by atoms with van der Waals surface area (Å²) in [5, 5.41) is 2.89. The number of carbonyl (C=O) groups excluding carboxylic acids is 1. The third kappa shape index (κ3) is 4.88. The van der Waals surface area contributed by atoms with E-state index in [2.05, 4.69) is 22.3 Å². The van der Waals surface area contributed by atoms with Crippen LogP contribution in [0, 0.1) is 0 Å². The van der Waals surface area contributed by atoms with Gasteiger partial charge in [0.15, 0.2) is 0 Å². The van der Waals surface area contributed by atoms with Gasteiger partial charge in [0.2, 0.25) is 10.0 Å². The molecule has 0 saturated carbocycles. The van der Waals surface area contributed by atoms with Crippen molar-refractivity contribution in [2.24, 2.45) is 0 Å². The van der Waals surface area contributed by atoms with E-state index < -0.39 is 10.0 Å². The van der Waals surface area contributed by atoms with Crippen molar-refractivity contribution < 1.29 is 13.2 Å². The summed E-state index contributed by atoms with van der Waals surface area (Å²) < 4.78 is 25.5. The molecule has 0 aromatic heterocycles. The van der Waals surface area contributed by atoms with Crippen LogP contribution in [0.2, 0.25) is 0 Å². The van der Waals surface area contributed by atoms with Gasteiger partial charge in [0.25, 0.3) is 5.91 Å². The van der Waals surface area contributed by atoms with Crippen LogP contribution in [0.4, 0.5) is 17.1 Å². The molecule has 1 saturated heterocycles. The maximum atomic E-state index is 12.6. The molecule has 31 heavy (non-hydrogen) atoms. The molecule has 0 spiro atoms. The first-order valence-corrected chi connectivity index (χ1v) is 11.8. The molecular weight excluding hydrogens is 410 g/mol. The number of rotatable bonds is 6. The number of nitrogens with zero attached hydrogens (tertiary/aromatic N) is 2. The van der Waals surface area contributed by atoms with Crippen molar-refractivity contribution in [3.63, 3.8) is 0 Å². The monoisotopic (exact) mass is 435 g/mol. The molecule has 0 radical (unpaired) electrons. The second-order valence-electron chi connectivity index (χ2n) is 7.63. The van der Waals surface area contributed by atoms with E-state index in [0.29, 0.717) is 29.9 Å². The van der Waals surface area contributed by atoms with Gasteiger partial charge in [-0.15, -0.1) is 0 Å². The van der Waals surface area contributed by atoms with Crippen molar-refractivity contribution in [3.8, 4) is 0 Å². The lowest BCUT2D eigenvalue weighted by Crippen LogP contribution is -2.25. The van der Waals surface area contributed by atoms with Crippen LogP contribution in [0.3, 0.4) is 0 Å². The molecule has 1 N–H and O–H groups in total. The predicted molar refractivity (Wildman–Crippen MR) is 125 cm³/mol. The van der Waals surface area contributed by atoms with Crippen LogP contribution in [-0.2, 0) is 16.6 Å². The fourth-order valence-corrected chi connectivity index (χ4v) is 5.22. The summed E-state index contributed by atoms with van der Waals surface area (Å²) in [6.07, 6.45) is 0.626. The second-order valence-corrected chi connectivity index (χ2v) is 9.64. The maximum Gasteiger partial charge on any atom is 0.255 e. The third-order valence-corrected chi connectivity index (χ3v) is 7.21. The van der Waals surface area contributed by atoms with E-state index in [-0.39, 0.29) is 11.7 Å². The number of amides is 1. The molecule has 0 bridgehead atoms. The highest BCUT2D eigenvalue weighted by molar-refractivity contribution is 7.93.